The van der Waals surface area contributed by atoms with Gasteiger partial charge < -0.3 is 4.74 Å². The van der Waals surface area contributed by atoms with Crippen molar-refractivity contribution in [2.24, 2.45) is 0 Å². The third kappa shape index (κ3) is 3.92. The highest BCUT2D eigenvalue weighted by Gasteiger charge is 2.23. The van der Waals surface area contributed by atoms with E-state index in [2.05, 4.69) is 10.3 Å². The highest BCUT2D eigenvalue weighted by Crippen LogP contribution is 2.32. The Bertz CT molecular complexity index is 1220. The first-order valence-electron chi connectivity index (χ1n) is 8.70. The summed E-state index contributed by atoms with van der Waals surface area (Å²) in [5, 5.41) is 14.3. The number of nitrogens with one attached hydrogen (secondary N) is 1. The molecule has 1 amide bonds. The average Bonchev–Trinajstić information content (AvgIpc) is 3.09. The van der Waals surface area contributed by atoms with E-state index in [0.29, 0.717) is 22.0 Å². The van der Waals surface area contributed by atoms with Crippen molar-refractivity contribution in [2.75, 3.05) is 5.32 Å². The van der Waals surface area contributed by atoms with Crippen molar-refractivity contribution in [3.8, 4) is 11.5 Å². The Hall–Kier alpha value is -3.78. The van der Waals surface area contributed by atoms with E-state index in [1.807, 2.05) is 36.4 Å². The van der Waals surface area contributed by atoms with Crippen molar-refractivity contribution in [2.45, 2.75) is 6.92 Å². The molecule has 4 aromatic rings. The number of amides is 1. The van der Waals surface area contributed by atoms with Crippen LogP contribution in [0, 0.1) is 17.0 Å². The number of nitro benzene ring substituents is 1. The Morgan fingerprint density at radius 2 is 1.86 bits per heavy atom. The van der Waals surface area contributed by atoms with Gasteiger partial charge in [-0.15, -0.1) is 0 Å². The van der Waals surface area contributed by atoms with E-state index in [1.165, 1.54) is 17.4 Å². The van der Waals surface area contributed by atoms with E-state index in [-0.39, 0.29) is 11.3 Å². The predicted octanol–water partition coefficient (Wildman–Crippen LogP) is 5.56. The number of ether oxygens (including phenoxy) is 1. The van der Waals surface area contributed by atoms with Crippen LogP contribution in [-0.2, 0) is 0 Å². The molecule has 1 heterocycles. The Morgan fingerprint density at radius 3 is 2.62 bits per heavy atom. The number of aryl methyl sites for hydroxylation is 1. The van der Waals surface area contributed by atoms with Crippen LogP contribution in [0.3, 0.4) is 0 Å². The number of carbonyl (C=O) groups excluding carboxylic acids is 1. The van der Waals surface area contributed by atoms with Gasteiger partial charge in [0, 0.05) is 11.6 Å². The maximum atomic E-state index is 12.6. The van der Waals surface area contributed by atoms with Gasteiger partial charge in [0.2, 0.25) is 0 Å². The normalized spacial score (nSPS) is 10.7. The number of nitrogens with zero attached hydrogens (tertiary/aromatic N) is 2. The lowest BCUT2D eigenvalue weighted by atomic mass is 10.1. The van der Waals surface area contributed by atoms with Crippen LogP contribution in [0.4, 0.5) is 10.8 Å². The molecule has 4 rings (SSSR count). The first-order chi connectivity index (χ1) is 14.0. The number of benzene rings is 3. The van der Waals surface area contributed by atoms with Gasteiger partial charge in [-0.3, -0.25) is 20.2 Å². The molecule has 7 nitrogen and oxygen atoms in total. The highest BCUT2D eigenvalue weighted by atomic mass is 32.1. The lowest BCUT2D eigenvalue weighted by Crippen LogP contribution is -2.14. The molecule has 29 heavy (non-hydrogen) atoms. The summed E-state index contributed by atoms with van der Waals surface area (Å²) in [6.45, 7) is 1.60. The second-order valence-electron chi connectivity index (χ2n) is 6.25. The lowest BCUT2D eigenvalue weighted by molar-refractivity contribution is -0.385. The van der Waals surface area contributed by atoms with Crippen molar-refractivity contribution in [3.63, 3.8) is 0 Å². The molecule has 0 aliphatic carbocycles. The molecule has 0 saturated heterocycles. The van der Waals surface area contributed by atoms with Crippen molar-refractivity contribution in [3.05, 3.63) is 88.0 Å². The number of nitro groups is 1. The summed E-state index contributed by atoms with van der Waals surface area (Å²) in [6, 6.07) is 19.5. The SMILES string of the molecule is Cc1cccc(C(=O)Nc2nc3ccc(Oc4ccccc4)cc3s2)c1[N+](=O)[O-]. The van der Waals surface area contributed by atoms with Gasteiger partial charge in [0.05, 0.1) is 15.1 Å². The summed E-state index contributed by atoms with van der Waals surface area (Å²) < 4.78 is 6.64. The van der Waals surface area contributed by atoms with Gasteiger partial charge in [-0.05, 0) is 37.3 Å². The first-order valence-corrected chi connectivity index (χ1v) is 9.52. The molecule has 0 radical (unpaired) electrons. The van der Waals surface area contributed by atoms with E-state index < -0.39 is 10.8 Å². The molecule has 8 heteroatoms. The Kier molecular flexibility index (Phi) is 4.92. The molecule has 0 bridgehead atoms. The van der Waals surface area contributed by atoms with Gasteiger partial charge in [-0.1, -0.05) is 41.7 Å². The smallest absolute Gasteiger partial charge is 0.285 e. The first kappa shape index (κ1) is 18.6. The highest BCUT2D eigenvalue weighted by molar-refractivity contribution is 7.22. The van der Waals surface area contributed by atoms with Crippen molar-refractivity contribution < 1.29 is 14.5 Å². The zero-order valence-electron chi connectivity index (χ0n) is 15.3. The van der Waals surface area contributed by atoms with Crippen LogP contribution >= 0.6 is 11.3 Å². The van der Waals surface area contributed by atoms with E-state index in [9.17, 15) is 14.9 Å². The van der Waals surface area contributed by atoms with Crippen molar-refractivity contribution >= 4 is 38.3 Å². The molecule has 0 unspecified atom stereocenters. The number of para-hydroxylation sites is 2. The number of thiazole rings is 1. The van der Waals surface area contributed by atoms with Crippen LogP contribution in [0.2, 0.25) is 0 Å². The van der Waals surface area contributed by atoms with Crippen LogP contribution < -0.4 is 10.1 Å². The number of hydrogen-bond donors (Lipinski definition) is 1. The molecule has 0 aliphatic rings. The molecule has 1 aromatic heterocycles. The maximum absolute atomic E-state index is 12.6. The fourth-order valence-corrected chi connectivity index (χ4v) is 3.78. The van der Waals surface area contributed by atoms with Crippen LogP contribution in [0.5, 0.6) is 11.5 Å². The summed E-state index contributed by atoms with van der Waals surface area (Å²) in [5.74, 6) is 0.802. The topological polar surface area (TPSA) is 94.4 Å². The Labute approximate surface area is 169 Å². The second kappa shape index (κ2) is 7.69. The Morgan fingerprint density at radius 1 is 1.07 bits per heavy atom. The molecule has 0 fully saturated rings. The molecule has 0 aliphatic heterocycles. The molecule has 3 aromatic carbocycles. The Balaban J connectivity index is 1.58. The molecule has 0 atom stereocenters. The van der Waals surface area contributed by atoms with Crippen LogP contribution in [-0.4, -0.2) is 15.8 Å². The summed E-state index contributed by atoms with van der Waals surface area (Å²) in [7, 11) is 0. The molecule has 0 spiro atoms. The fraction of sp³-hybridized carbons (Fsp3) is 0.0476. The fourth-order valence-electron chi connectivity index (χ4n) is 2.90. The zero-order valence-corrected chi connectivity index (χ0v) is 16.1. The number of rotatable bonds is 5. The quantitative estimate of drug-likeness (QED) is 0.347. The van der Waals surface area contributed by atoms with Crippen LogP contribution in [0.15, 0.2) is 66.7 Å². The number of anilines is 1. The third-order valence-electron chi connectivity index (χ3n) is 4.22. The molecular weight excluding hydrogens is 390 g/mol. The van der Waals surface area contributed by atoms with Gasteiger partial charge in [-0.2, -0.15) is 0 Å². The van der Waals surface area contributed by atoms with Crippen LogP contribution in [0.25, 0.3) is 10.2 Å². The monoisotopic (exact) mass is 405 g/mol. The molecule has 144 valence electrons. The largest absolute Gasteiger partial charge is 0.457 e. The number of fused-ring (bicyclic) bond motifs is 1. The van der Waals surface area contributed by atoms with Gasteiger partial charge in [-0.25, -0.2) is 4.98 Å². The van der Waals surface area contributed by atoms with Gasteiger partial charge in [0.1, 0.15) is 17.1 Å². The second-order valence-corrected chi connectivity index (χ2v) is 7.28. The lowest BCUT2D eigenvalue weighted by Gasteiger charge is -2.04. The van der Waals surface area contributed by atoms with E-state index in [0.717, 1.165) is 10.4 Å². The molecule has 0 saturated carbocycles. The minimum absolute atomic E-state index is 0.00218. The van der Waals surface area contributed by atoms with E-state index in [4.69, 9.17) is 4.74 Å². The summed E-state index contributed by atoms with van der Waals surface area (Å²) in [4.78, 5) is 27.8. The predicted molar refractivity (Wildman–Crippen MR) is 112 cm³/mol. The molecular formula is C21H15N3O4S. The average molecular weight is 405 g/mol. The van der Waals surface area contributed by atoms with Gasteiger partial charge in [0.15, 0.2) is 5.13 Å². The number of hydrogen-bond acceptors (Lipinski definition) is 6. The number of aromatic nitrogens is 1. The van der Waals surface area contributed by atoms with Crippen LogP contribution in [0.1, 0.15) is 15.9 Å². The maximum Gasteiger partial charge on any atom is 0.285 e. The van der Waals surface area contributed by atoms with E-state index >= 15 is 0 Å². The minimum Gasteiger partial charge on any atom is -0.457 e. The summed E-state index contributed by atoms with van der Waals surface area (Å²) in [6.07, 6.45) is 0. The summed E-state index contributed by atoms with van der Waals surface area (Å²) >= 11 is 1.27. The van der Waals surface area contributed by atoms with Gasteiger partial charge in [0.25, 0.3) is 11.6 Å². The van der Waals surface area contributed by atoms with Crippen molar-refractivity contribution in [1.29, 1.82) is 0 Å². The number of carbonyl (C=O) groups is 1. The van der Waals surface area contributed by atoms with Gasteiger partial charge >= 0.3 is 0 Å². The summed E-state index contributed by atoms with van der Waals surface area (Å²) in [5.41, 5.74) is 0.922. The minimum atomic E-state index is -0.569. The van der Waals surface area contributed by atoms with Crippen molar-refractivity contribution in [1.82, 2.24) is 4.98 Å². The standard InChI is InChI=1S/C21H15N3O4S/c1-13-6-5-9-16(19(13)24(26)27)20(25)23-21-22-17-11-10-15(12-18(17)29-21)28-14-7-3-2-4-8-14/h2-12H,1H3,(H,22,23,25). The zero-order chi connectivity index (χ0) is 20.4. The molecule has 1 N–H and O–H groups in total. The van der Waals surface area contributed by atoms with E-state index in [1.54, 1.807) is 31.2 Å². The third-order valence-corrected chi connectivity index (χ3v) is 5.16.